The maximum Gasteiger partial charge on any atom is 0.157 e. The summed E-state index contributed by atoms with van der Waals surface area (Å²) in [6.45, 7) is 0.209. The fourth-order valence-electron chi connectivity index (χ4n) is 2.68. The second-order valence-electron chi connectivity index (χ2n) is 5.03. The van der Waals surface area contributed by atoms with Crippen molar-refractivity contribution in [1.29, 1.82) is 0 Å². The van der Waals surface area contributed by atoms with Gasteiger partial charge in [-0.3, -0.25) is 0 Å². The number of ether oxygens (including phenoxy) is 2. The topological polar surface area (TPSA) is 78.6 Å². The van der Waals surface area contributed by atoms with Gasteiger partial charge in [-0.1, -0.05) is 6.07 Å². The lowest BCUT2D eigenvalue weighted by Gasteiger charge is -2.31. The molecule has 1 aliphatic rings. The average molecular weight is 299 g/mol. The number of hydrogen-bond acceptors (Lipinski definition) is 5. The predicted octanol–water partition coefficient (Wildman–Crippen LogP) is 1.07. The highest BCUT2D eigenvalue weighted by Crippen LogP contribution is 2.34. The predicted molar refractivity (Wildman–Crippen MR) is 77.7 cm³/mol. The highest BCUT2D eigenvalue weighted by molar-refractivity contribution is 7.92. The molecule has 0 spiro atoms. The molecule has 6 heteroatoms. The van der Waals surface area contributed by atoms with Gasteiger partial charge < -0.3 is 15.2 Å². The van der Waals surface area contributed by atoms with Crippen LogP contribution < -0.4 is 10.5 Å². The molecular weight excluding hydrogens is 278 g/mol. The Morgan fingerprint density at radius 1 is 1.35 bits per heavy atom. The van der Waals surface area contributed by atoms with Crippen molar-refractivity contribution in [2.24, 2.45) is 5.73 Å². The summed E-state index contributed by atoms with van der Waals surface area (Å²) in [5.74, 6) is 0.796. The zero-order chi connectivity index (χ0) is 14.8. The number of rotatable bonds is 5. The Labute approximate surface area is 120 Å². The van der Waals surface area contributed by atoms with Gasteiger partial charge in [0.25, 0.3) is 0 Å². The molecule has 0 fully saturated rings. The summed E-state index contributed by atoms with van der Waals surface area (Å²) < 4.78 is 34.7. The molecule has 0 radical (unpaired) electrons. The van der Waals surface area contributed by atoms with Gasteiger partial charge in [0.1, 0.15) is 5.75 Å². The third-order valence-electron chi connectivity index (χ3n) is 3.84. The number of fused-ring (bicyclic) bond motifs is 1. The van der Waals surface area contributed by atoms with E-state index in [2.05, 4.69) is 0 Å². The SMILES string of the molecule is COCCS(=O)(=O)C1CCc2cc(OC)ccc2C1N. The van der Waals surface area contributed by atoms with Crippen LogP contribution in [0.2, 0.25) is 0 Å². The summed E-state index contributed by atoms with van der Waals surface area (Å²) in [6.07, 6.45) is 1.25. The van der Waals surface area contributed by atoms with Gasteiger partial charge in [0, 0.05) is 13.2 Å². The van der Waals surface area contributed by atoms with Gasteiger partial charge in [0.05, 0.1) is 24.7 Å². The summed E-state index contributed by atoms with van der Waals surface area (Å²) >= 11 is 0. The molecule has 0 amide bonds. The van der Waals surface area contributed by atoms with E-state index in [1.165, 1.54) is 7.11 Å². The van der Waals surface area contributed by atoms with Crippen LogP contribution in [-0.4, -0.2) is 40.2 Å². The molecular formula is C14H21NO4S. The fourth-order valence-corrected chi connectivity index (χ4v) is 4.45. The molecule has 1 aromatic rings. The van der Waals surface area contributed by atoms with Crippen LogP contribution in [0.5, 0.6) is 5.75 Å². The number of aryl methyl sites for hydroxylation is 1. The third kappa shape index (κ3) is 2.97. The molecule has 0 bridgehead atoms. The molecule has 1 aromatic carbocycles. The van der Waals surface area contributed by atoms with Crippen molar-refractivity contribution in [3.63, 3.8) is 0 Å². The van der Waals surface area contributed by atoms with Crippen molar-refractivity contribution >= 4 is 9.84 Å². The number of hydrogen-bond donors (Lipinski definition) is 1. The van der Waals surface area contributed by atoms with Gasteiger partial charge in [-0.25, -0.2) is 8.42 Å². The van der Waals surface area contributed by atoms with E-state index in [-0.39, 0.29) is 12.4 Å². The Morgan fingerprint density at radius 3 is 2.75 bits per heavy atom. The van der Waals surface area contributed by atoms with E-state index in [1.54, 1.807) is 7.11 Å². The van der Waals surface area contributed by atoms with E-state index in [0.717, 1.165) is 16.9 Å². The highest BCUT2D eigenvalue weighted by atomic mass is 32.2. The van der Waals surface area contributed by atoms with Crippen molar-refractivity contribution in [3.8, 4) is 5.75 Å². The van der Waals surface area contributed by atoms with Crippen LogP contribution in [0.15, 0.2) is 18.2 Å². The van der Waals surface area contributed by atoms with Crippen LogP contribution in [0.1, 0.15) is 23.6 Å². The second kappa shape index (κ2) is 6.11. The lowest BCUT2D eigenvalue weighted by molar-refractivity contribution is 0.216. The van der Waals surface area contributed by atoms with Gasteiger partial charge in [0.2, 0.25) is 0 Å². The molecule has 112 valence electrons. The quantitative estimate of drug-likeness (QED) is 0.880. The molecule has 0 heterocycles. The van der Waals surface area contributed by atoms with Gasteiger partial charge >= 0.3 is 0 Å². The highest BCUT2D eigenvalue weighted by Gasteiger charge is 2.35. The van der Waals surface area contributed by atoms with Crippen molar-refractivity contribution in [3.05, 3.63) is 29.3 Å². The summed E-state index contributed by atoms with van der Waals surface area (Å²) in [6, 6.07) is 5.15. The first-order valence-electron chi connectivity index (χ1n) is 6.62. The zero-order valence-corrected chi connectivity index (χ0v) is 12.7. The van der Waals surface area contributed by atoms with Gasteiger partial charge in [0.15, 0.2) is 9.84 Å². The summed E-state index contributed by atoms with van der Waals surface area (Å²) in [4.78, 5) is 0. The molecule has 20 heavy (non-hydrogen) atoms. The molecule has 0 aromatic heterocycles. The normalized spacial score (nSPS) is 22.4. The van der Waals surface area contributed by atoms with Crippen LogP contribution in [0, 0.1) is 0 Å². The van der Waals surface area contributed by atoms with E-state index in [9.17, 15) is 8.42 Å². The molecule has 0 saturated carbocycles. The van der Waals surface area contributed by atoms with Crippen LogP contribution >= 0.6 is 0 Å². The molecule has 2 atom stereocenters. The van der Waals surface area contributed by atoms with Crippen LogP contribution in [-0.2, 0) is 21.0 Å². The number of benzene rings is 1. The largest absolute Gasteiger partial charge is 0.497 e. The molecule has 2 N–H and O–H groups in total. The van der Waals surface area contributed by atoms with Crippen molar-refractivity contribution in [2.75, 3.05) is 26.6 Å². The molecule has 5 nitrogen and oxygen atoms in total. The first-order valence-corrected chi connectivity index (χ1v) is 8.34. The monoisotopic (exact) mass is 299 g/mol. The van der Waals surface area contributed by atoms with E-state index in [1.807, 2.05) is 18.2 Å². The van der Waals surface area contributed by atoms with E-state index < -0.39 is 21.1 Å². The Balaban J connectivity index is 2.25. The van der Waals surface area contributed by atoms with Crippen LogP contribution in [0.3, 0.4) is 0 Å². The van der Waals surface area contributed by atoms with Crippen molar-refractivity contribution in [1.82, 2.24) is 0 Å². The molecule has 0 aliphatic heterocycles. The summed E-state index contributed by atoms with van der Waals surface area (Å²) in [5, 5.41) is -0.529. The van der Waals surface area contributed by atoms with Gasteiger partial charge in [-0.2, -0.15) is 0 Å². The van der Waals surface area contributed by atoms with Crippen LogP contribution in [0.4, 0.5) is 0 Å². The second-order valence-corrected chi connectivity index (χ2v) is 7.37. The fraction of sp³-hybridized carbons (Fsp3) is 0.571. The molecule has 0 saturated heterocycles. The average Bonchev–Trinajstić information content (AvgIpc) is 2.44. The Morgan fingerprint density at radius 2 is 2.10 bits per heavy atom. The Hall–Kier alpha value is -1.11. The lowest BCUT2D eigenvalue weighted by Crippen LogP contribution is -2.39. The summed E-state index contributed by atoms with van der Waals surface area (Å²) in [5.41, 5.74) is 8.16. The molecule has 2 unspecified atom stereocenters. The third-order valence-corrected chi connectivity index (χ3v) is 6.03. The van der Waals surface area contributed by atoms with Crippen molar-refractivity contribution in [2.45, 2.75) is 24.1 Å². The number of nitrogens with two attached hydrogens (primary N) is 1. The number of methoxy groups -OCH3 is 2. The lowest BCUT2D eigenvalue weighted by atomic mass is 9.87. The zero-order valence-electron chi connectivity index (χ0n) is 11.8. The maximum absolute atomic E-state index is 12.3. The van der Waals surface area contributed by atoms with Gasteiger partial charge in [-0.05, 0) is 36.1 Å². The van der Waals surface area contributed by atoms with Crippen LogP contribution in [0.25, 0.3) is 0 Å². The van der Waals surface area contributed by atoms with E-state index >= 15 is 0 Å². The standard InChI is InChI=1S/C14H21NO4S/c1-18-7-8-20(16,17)13-6-3-10-9-11(19-2)4-5-12(10)14(13)15/h4-5,9,13-14H,3,6-8,15H2,1-2H3. The minimum atomic E-state index is -3.23. The number of sulfone groups is 1. The smallest absolute Gasteiger partial charge is 0.157 e. The first-order chi connectivity index (χ1) is 9.49. The molecule has 1 aliphatic carbocycles. The van der Waals surface area contributed by atoms with E-state index in [4.69, 9.17) is 15.2 Å². The van der Waals surface area contributed by atoms with E-state index in [0.29, 0.717) is 12.8 Å². The Kier molecular flexibility index (Phi) is 4.67. The molecule has 2 rings (SSSR count). The maximum atomic E-state index is 12.3. The Bertz CT molecular complexity index is 571. The van der Waals surface area contributed by atoms with Crippen molar-refractivity contribution < 1.29 is 17.9 Å². The summed E-state index contributed by atoms with van der Waals surface area (Å²) in [7, 11) is -0.123. The van der Waals surface area contributed by atoms with Gasteiger partial charge in [-0.15, -0.1) is 0 Å². The minimum absolute atomic E-state index is 0.0212. The minimum Gasteiger partial charge on any atom is -0.497 e. The first kappa shape index (κ1) is 15.3.